The van der Waals surface area contributed by atoms with E-state index in [1.165, 1.54) is 5.57 Å². The van der Waals surface area contributed by atoms with Gasteiger partial charge in [-0.1, -0.05) is 24.6 Å². The van der Waals surface area contributed by atoms with Gasteiger partial charge in [0.2, 0.25) is 0 Å². The summed E-state index contributed by atoms with van der Waals surface area (Å²) in [4.78, 5) is 0. The summed E-state index contributed by atoms with van der Waals surface area (Å²) in [6, 6.07) is 0. The van der Waals surface area contributed by atoms with Crippen LogP contribution in [-0.4, -0.2) is 11.7 Å². The number of rotatable bonds is 1. The molecule has 1 N–H and O–H groups in total. The number of aliphatic hydroxyl groups excluding tert-OH is 1. The van der Waals surface area contributed by atoms with Crippen LogP contribution in [0, 0.1) is 5.92 Å². The van der Waals surface area contributed by atoms with Gasteiger partial charge in [-0.3, -0.25) is 0 Å². The van der Waals surface area contributed by atoms with E-state index in [1.54, 1.807) is 0 Å². The minimum atomic E-state index is 0.190. The fourth-order valence-corrected chi connectivity index (χ4v) is 1.29. The molecule has 1 unspecified atom stereocenters. The summed E-state index contributed by atoms with van der Waals surface area (Å²) < 4.78 is 0. The lowest BCUT2D eigenvalue weighted by atomic mass is 9.92. The molecule has 10 heavy (non-hydrogen) atoms. The van der Waals surface area contributed by atoms with Crippen LogP contribution < -0.4 is 0 Å². The molecule has 56 valence electrons. The Labute approximate surface area is 62.1 Å². The molecule has 1 aliphatic carbocycles. The predicted molar refractivity (Wildman–Crippen MR) is 42.7 cm³/mol. The van der Waals surface area contributed by atoms with Gasteiger partial charge < -0.3 is 5.11 Å². The van der Waals surface area contributed by atoms with E-state index in [0.29, 0.717) is 5.92 Å². The van der Waals surface area contributed by atoms with Gasteiger partial charge >= 0.3 is 0 Å². The molecule has 1 rings (SSSR count). The van der Waals surface area contributed by atoms with Crippen molar-refractivity contribution in [1.29, 1.82) is 0 Å². The maximum atomic E-state index is 8.84. The summed E-state index contributed by atoms with van der Waals surface area (Å²) in [5.41, 5.74) is 2.43. The van der Waals surface area contributed by atoms with Gasteiger partial charge in [-0.25, -0.2) is 0 Å². The monoisotopic (exact) mass is 138 g/mol. The van der Waals surface area contributed by atoms with Crippen LogP contribution in [0.5, 0.6) is 0 Å². The first-order valence-electron chi connectivity index (χ1n) is 3.71. The Morgan fingerprint density at radius 2 is 2.40 bits per heavy atom. The maximum Gasteiger partial charge on any atom is 0.0681 e. The van der Waals surface area contributed by atoms with E-state index < -0.39 is 0 Å². The minimum Gasteiger partial charge on any atom is -0.392 e. The third-order valence-electron chi connectivity index (χ3n) is 1.97. The zero-order valence-electron chi connectivity index (χ0n) is 6.59. The highest BCUT2D eigenvalue weighted by Crippen LogP contribution is 2.21. The predicted octanol–water partition coefficient (Wildman–Crippen LogP) is 1.89. The van der Waals surface area contributed by atoms with Crippen molar-refractivity contribution in [3.8, 4) is 0 Å². The molecule has 1 nitrogen and oxygen atoms in total. The lowest BCUT2D eigenvalue weighted by molar-refractivity contribution is 0.332. The first-order chi connectivity index (χ1) is 4.74. The fraction of sp³-hybridized carbons (Fsp3) is 0.556. The van der Waals surface area contributed by atoms with Crippen LogP contribution in [0.1, 0.15) is 20.3 Å². The lowest BCUT2D eigenvalue weighted by Gasteiger charge is -2.15. The molecule has 0 aromatic heterocycles. The molecule has 1 aliphatic rings. The second-order valence-corrected chi connectivity index (χ2v) is 3.00. The quantitative estimate of drug-likeness (QED) is 0.586. The van der Waals surface area contributed by atoms with Crippen molar-refractivity contribution in [2.24, 2.45) is 5.92 Å². The van der Waals surface area contributed by atoms with Crippen LogP contribution in [0.2, 0.25) is 0 Å². The van der Waals surface area contributed by atoms with Crippen LogP contribution in [0.4, 0.5) is 0 Å². The maximum absolute atomic E-state index is 8.84. The highest BCUT2D eigenvalue weighted by Gasteiger charge is 2.07. The molecule has 0 heterocycles. The van der Waals surface area contributed by atoms with E-state index in [1.807, 2.05) is 6.08 Å². The van der Waals surface area contributed by atoms with Crippen molar-refractivity contribution in [1.82, 2.24) is 0 Å². The standard InChI is InChI=1S/C9H14O/c1-7-3-4-9(6-10)8(2)5-7/h3-4,7,10H,5-6H2,1-2H3. The molecular weight excluding hydrogens is 124 g/mol. The second-order valence-electron chi connectivity index (χ2n) is 3.00. The molecular formula is C9H14O. The van der Waals surface area contributed by atoms with Gasteiger partial charge in [-0.15, -0.1) is 0 Å². The smallest absolute Gasteiger partial charge is 0.0681 e. The number of aliphatic hydroxyl groups is 1. The van der Waals surface area contributed by atoms with Crippen LogP contribution in [-0.2, 0) is 0 Å². The summed E-state index contributed by atoms with van der Waals surface area (Å²) in [5, 5.41) is 8.84. The zero-order valence-corrected chi connectivity index (χ0v) is 6.59. The van der Waals surface area contributed by atoms with Gasteiger partial charge in [-0.05, 0) is 24.8 Å². The van der Waals surface area contributed by atoms with Gasteiger partial charge in [0.1, 0.15) is 0 Å². The molecule has 0 amide bonds. The van der Waals surface area contributed by atoms with E-state index >= 15 is 0 Å². The Balaban J connectivity index is 2.73. The number of hydrogen-bond donors (Lipinski definition) is 1. The molecule has 0 radical (unpaired) electrons. The molecule has 0 aromatic carbocycles. The molecule has 0 saturated carbocycles. The van der Waals surface area contributed by atoms with Crippen LogP contribution >= 0.6 is 0 Å². The summed E-state index contributed by atoms with van der Waals surface area (Å²) in [6.07, 6.45) is 5.29. The average molecular weight is 138 g/mol. The summed E-state index contributed by atoms with van der Waals surface area (Å²) in [7, 11) is 0. The highest BCUT2D eigenvalue weighted by atomic mass is 16.3. The molecule has 0 bridgehead atoms. The highest BCUT2D eigenvalue weighted by molar-refractivity contribution is 5.29. The van der Waals surface area contributed by atoms with Crippen molar-refractivity contribution < 1.29 is 5.11 Å². The number of hydrogen-bond acceptors (Lipinski definition) is 1. The second kappa shape index (κ2) is 3.02. The summed E-state index contributed by atoms with van der Waals surface area (Å²) in [5.74, 6) is 0.648. The Kier molecular flexibility index (Phi) is 2.28. The molecule has 0 aliphatic heterocycles. The third kappa shape index (κ3) is 1.48. The molecule has 0 fully saturated rings. The van der Waals surface area contributed by atoms with Gasteiger partial charge in [-0.2, -0.15) is 0 Å². The first-order valence-corrected chi connectivity index (χ1v) is 3.71. The molecule has 1 atom stereocenters. The van der Waals surface area contributed by atoms with Crippen LogP contribution in [0.15, 0.2) is 23.3 Å². The summed E-state index contributed by atoms with van der Waals surface area (Å²) in [6.45, 7) is 4.47. The van der Waals surface area contributed by atoms with Crippen molar-refractivity contribution >= 4 is 0 Å². The Morgan fingerprint density at radius 3 is 2.90 bits per heavy atom. The first kappa shape index (κ1) is 7.55. The normalized spacial score (nSPS) is 25.7. The Bertz CT molecular complexity index is 177. The van der Waals surface area contributed by atoms with Gasteiger partial charge in [0, 0.05) is 0 Å². The number of allylic oxidation sites excluding steroid dienone is 2. The van der Waals surface area contributed by atoms with E-state index in [9.17, 15) is 0 Å². The Morgan fingerprint density at radius 1 is 1.70 bits per heavy atom. The Hall–Kier alpha value is -0.560. The molecule has 0 saturated heterocycles. The average Bonchev–Trinajstić information content (AvgIpc) is 1.88. The van der Waals surface area contributed by atoms with Gasteiger partial charge in [0.05, 0.1) is 6.61 Å². The van der Waals surface area contributed by atoms with E-state index in [-0.39, 0.29) is 6.61 Å². The summed E-state index contributed by atoms with van der Waals surface area (Å²) >= 11 is 0. The molecule has 0 aromatic rings. The zero-order chi connectivity index (χ0) is 7.56. The molecule has 1 heteroatoms. The fourth-order valence-electron chi connectivity index (χ4n) is 1.29. The topological polar surface area (TPSA) is 20.2 Å². The third-order valence-corrected chi connectivity index (χ3v) is 1.97. The minimum absolute atomic E-state index is 0.190. The van der Waals surface area contributed by atoms with Crippen molar-refractivity contribution in [3.05, 3.63) is 23.3 Å². The SMILES string of the molecule is CC1=C(CO)C=CC(C)C1. The van der Waals surface area contributed by atoms with E-state index in [4.69, 9.17) is 5.11 Å². The van der Waals surface area contributed by atoms with Gasteiger partial charge in [0.15, 0.2) is 0 Å². The lowest BCUT2D eigenvalue weighted by Crippen LogP contribution is -2.02. The van der Waals surface area contributed by atoms with Crippen LogP contribution in [0.25, 0.3) is 0 Å². The van der Waals surface area contributed by atoms with Crippen molar-refractivity contribution in [3.63, 3.8) is 0 Å². The van der Waals surface area contributed by atoms with Crippen molar-refractivity contribution in [2.45, 2.75) is 20.3 Å². The van der Waals surface area contributed by atoms with Crippen LogP contribution in [0.3, 0.4) is 0 Å². The molecule has 0 spiro atoms. The largest absolute Gasteiger partial charge is 0.392 e. The van der Waals surface area contributed by atoms with Gasteiger partial charge in [0.25, 0.3) is 0 Å². The van der Waals surface area contributed by atoms with E-state index in [0.717, 1.165) is 12.0 Å². The van der Waals surface area contributed by atoms with Crippen molar-refractivity contribution in [2.75, 3.05) is 6.61 Å². The van der Waals surface area contributed by atoms with E-state index in [2.05, 4.69) is 19.9 Å².